The van der Waals surface area contributed by atoms with Gasteiger partial charge in [0.15, 0.2) is 0 Å². The van der Waals surface area contributed by atoms with Crippen molar-refractivity contribution in [2.45, 2.75) is 30.5 Å². The SMILES string of the molecule is C[C@H]1C2C[C@@H](C(=O)O)N(S(=O)(=O)c3cc4cc(F)ccc4o3)C21. The predicted molar refractivity (Wildman–Crippen MR) is 77.7 cm³/mol. The number of furan rings is 1. The maximum Gasteiger partial charge on any atom is 0.322 e. The summed E-state index contributed by atoms with van der Waals surface area (Å²) >= 11 is 0. The molecule has 1 N–H and O–H groups in total. The van der Waals surface area contributed by atoms with Gasteiger partial charge in [0, 0.05) is 17.5 Å². The van der Waals surface area contributed by atoms with Gasteiger partial charge < -0.3 is 9.52 Å². The molecule has 4 atom stereocenters. The number of nitrogens with zero attached hydrogens (tertiary/aromatic N) is 1. The Hall–Kier alpha value is -1.93. The Balaban J connectivity index is 1.80. The molecule has 0 radical (unpaired) electrons. The largest absolute Gasteiger partial charge is 0.480 e. The quantitative estimate of drug-likeness (QED) is 0.925. The van der Waals surface area contributed by atoms with Gasteiger partial charge >= 0.3 is 5.97 Å². The molecule has 2 aromatic rings. The topological polar surface area (TPSA) is 87.8 Å². The lowest BCUT2D eigenvalue weighted by molar-refractivity contribution is -0.141. The minimum absolute atomic E-state index is 0.0766. The lowest BCUT2D eigenvalue weighted by atomic mass is 10.1. The van der Waals surface area contributed by atoms with Gasteiger partial charge in [-0.05, 0) is 36.5 Å². The molecule has 6 nitrogen and oxygen atoms in total. The molecule has 1 saturated carbocycles. The first-order chi connectivity index (χ1) is 10.8. The molecule has 8 heteroatoms. The molecule has 1 aliphatic carbocycles. The maximum atomic E-state index is 13.3. The number of carboxylic acids is 1. The monoisotopic (exact) mass is 339 g/mol. The molecular weight excluding hydrogens is 325 g/mol. The summed E-state index contributed by atoms with van der Waals surface area (Å²) in [4.78, 5) is 11.4. The molecule has 2 aliphatic rings. The normalized spacial score (nSPS) is 30.5. The highest BCUT2D eigenvalue weighted by Gasteiger charge is 2.64. The molecule has 2 heterocycles. The smallest absolute Gasteiger partial charge is 0.322 e. The molecular formula is C15H14FNO5S. The minimum atomic E-state index is -4.08. The van der Waals surface area contributed by atoms with Crippen LogP contribution in [0.3, 0.4) is 0 Å². The summed E-state index contributed by atoms with van der Waals surface area (Å²) < 4.78 is 45.4. The van der Waals surface area contributed by atoms with Gasteiger partial charge in [-0.2, -0.15) is 4.31 Å². The zero-order chi connectivity index (χ0) is 16.5. The third-order valence-electron chi connectivity index (χ3n) is 4.88. The number of carbonyl (C=O) groups is 1. The second-order valence-electron chi connectivity index (χ2n) is 6.19. The van der Waals surface area contributed by atoms with Crippen molar-refractivity contribution in [1.82, 2.24) is 4.31 Å². The van der Waals surface area contributed by atoms with Crippen LogP contribution in [0.5, 0.6) is 0 Å². The highest BCUT2D eigenvalue weighted by molar-refractivity contribution is 7.89. The average molecular weight is 339 g/mol. The van der Waals surface area contributed by atoms with Gasteiger partial charge in [-0.3, -0.25) is 4.79 Å². The second-order valence-corrected chi connectivity index (χ2v) is 7.96. The summed E-state index contributed by atoms with van der Waals surface area (Å²) in [5.74, 6) is -1.44. The zero-order valence-electron chi connectivity index (χ0n) is 12.1. The number of halogens is 1. The van der Waals surface area contributed by atoms with Gasteiger partial charge in [-0.15, -0.1) is 0 Å². The fourth-order valence-electron chi connectivity index (χ4n) is 3.62. The van der Waals surface area contributed by atoms with Crippen molar-refractivity contribution in [3.05, 3.63) is 30.1 Å². The summed E-state index contributed by atoms with van der Waals surface area (Å²) in [6.07, 6.45) is 0.315. The Kier molecular flexibility index (Phi) is 2.90. The fraction of sp³-hybridized carbons (Fsp3) is 0.400. The Morgan fingerprint density at radius 2 is 2.13 bits per heavy atom. The third-order valence-corrected chi connectivity index (χ3v) is 6.64. The van der Waals surface area contributed by atoms with Gasteiger partial charge in [0.1, 0.15) is 17.4 Å². The lowest BCUT2D eigenvalue weighted by Gasteiger charge is -2.23. The van der Waals surface area contributed by atoms with Gasteiger partial charge in [0.05, 0.1) is 0 Å². The Morgan fingerprint density at radius 3 is 2.83 bits per heavy atom. The van der Waals surface area contributed by atoms with Crippen molar-refractivity contribution in [1.29, 1.82) is 0 Å². The van der Waals surface area contributed by atoms with Gasteiger partial charge in [0.25, 0.3) is 10.0 Å². The van der Waals surface area contributed by atoms with Gasteiger partial charge in [0.2, 0.25) is 5.09 Å². The standard InChI is InChI=1S/C15H14FNO5S/c1-7-10-6-11(15(18)19)17(14(7)10)23(20,21)13-5-8-4-9(16)2-3-12(8)22-13/h2-5,7,10-11,14H,6H2,1H3,(H,18,19)/t7-,10?,11-,14?/m0/s1. The van der Waals surface area contributed by atoms with Crippen molar-refractivity contribution in [2.75, 3.05) is 0 Å². The van der Waals surface area contributed by atoms with E-state index >= 15 is 0 Å². The number of carboxylic acid groups (broad SMARTS) is 1. The first kappa shape index (κ1) is 14.6. The summed E-state index contributed by atoms with van der Waals surface area (Å²) in [6.45, 7) is 1.91. The first-order valence-corrected chi connectivity index (χ1v) is 8.70. The maximum absolute atomic E-state index is 13.3. The van der Waals surface area contributed by atoms with E-state index in [0.29, 0.717) is 11.8 Å². The number of piperidine rings is 1. The highest BCUT2D eigenvalue weighted by atomic mass is 32.2. The molecule has 1 aromatic carbocycles. The zero-order valence-corrected chi connectivity index (χ0v) is 13.0. The Labute approximate surface area is 131 Å². The molecule has 1 aromatic heterocycles. The fourth-order valence-corrected chi connectivity index (χ4v) is 5.48. The Bertz CT molecular complexity index is 921. The number of hydrogen-bond donors (Lipinski definition) is 1. The Morgan fingerprint density at radius 1 is 1.39 bits per heavy atom. The van der Waals surface area contributed by atoms with Crippen LogP contribution in [0.1, 0.15) is 13.3 Å². The van der Waals surface area contributed by atoms with Gasteiger partial charge in [-0.25, -0.2) is 12.8 Å². The molecule has 1 saturated heterocycles. The third kappa shape index (κ3) is 2.01. The number of sulfonamides is 1. The lowest BCUT2D eigenvalue weighted by Crippen LogP contribution is -2.43. The van der Waals surface area contributed by atoms with Crippen LogP contribution < -0.4 is 0 Å². The van der Waals surface area contributed by atoms with E-state index in [9.17, 15) is 22.7 Å². The molecule has 122 valence electrons. The first-order valence-electron chi connectivity index (χ1n) is 7.26. The predicted octanol–water partition coefficient (Wildman–Crippen LogP) is 2.05. The van der Waals surface area contributed by atoms with E-state index in [0.717, 1.165) is 4.31 Å². The van der Waals surface area contributed by atoms with Crippen molar-refractivity contribution >= 4 is 27.0 Å². The minimum Gasteiger partial charge on any atom is -0.480 e. The molecule has 23 heavy (non-hydrogen) atoms. The van der Waals surface area contributed by atoms with E-state index in [2.05, 4.69) is 0 Å². The molecule has 0 bridgehead atoms. The van der Waals surface area contributed by atoms with Crippen LogP contribution in [-0.4, -0.2) is 35.9 Å². The second kappa shape index (κ2) is 4.55. The van der Waals surface area contributed by atoms with Crippen LogP contribution in [-0.2, 0) is 14.8 Å². The van der Waals surface area contributed by atoms with Crippen molar-refractivity contribution in [2.24, 2.45) is 11.8 Å². The van der Waals surface area contributed by atoms with E-state index in [1.54, 1.807) is 0 Å². The number of hydrogen-bond acceptors (Lipinski definition) is 4. The van der Waals surface area contributed by atoms with Crippen LogP contribution in [0.25, 0.3) is 11.0 Å². The molecule has 0 spiro atoms. The van der Waals surface area contributed by atoms with Crippen LogP contribution in [0, 0.1) is 17.7 Å². The summed E-state index contributed by atoms with van der Waals surface area (Å²) in [5.41, 5.74) is 0.247. The highest BCUT2D eigenvalue weighted by Crippen LogP contribution is 2.55. The number of rotatable bonds is 3. The van der Waals surface area contributed by atoms with Crippen molar-refractivity contribution in [3.63, 3.8) is 0 Å². The van der Waals surface area contributed by atoms with Crippen LogP contribution >= 0.6 is 0 Å². The van der Waals surface area contributed by atoms with E-state index in [-0.39, 0.29) is 28.6 Å². The van der Waals surface area contributed by atoms with E-state index < -0.39 is 27.9 Å². The summed E-state index contributed by atoms with van der Waals surface area (Å²) in [7, 11) is -4.08. The number of benzene rings is 1. The molecule has 2 unspecified atom stereocenters. The molecule has 4 rings (SSSR count). The molecule has 2 fully saturated rings. The number of fused-ring (bicyclic) bond motifs is 2. The van der Waals surface area contributed by atoms with E-state index in [4.69, 9.17) is 4.42 Å². The van der Waals surface area contributed by atoms with Crippen LogP contribution in [0.2, 0.25) is 0 Å². The molecule has 0 amide bonds. The van der Waals surface area contributed by atoms with Crippen molar-refractivity contribution < 1.29 is 27.1 Å². The number of aliphatic carboxylic acids is 1. The summed E-state index contributed by atoms with van der Waals surface area (Å²) in [6, 6.07) is 3.58. The van der Waals surface area contributed by atoms with Crippen LogP contribution in [0.4, 0.5) is 4.39 Å². The van der Waals surface area contributed by atoms with Gasteiger partial charge in [-0.1, -0.05) is 6.92 Å². The van der Waals surface area contributed by atoms with E-state index in [1.165, 1.54) is 24.3 Å². The van der Waals surface area contributed by atoms with Crippen molar-refractivity contribution in [3.8, 4) is 0 Å². The summed E-state index contributed by atoms with van der Waals surface area (Å²) in [5, 5.41) is 9.29. The van der Waals surface area contributed by atoms with Crippen LogP contribution in [0.15, 0.2) is 33.8 Å². The average Bonchev–Trinajstić information content (AvgIpc) is 2.89. The molecule has 1 aliphatic heterocycles. The van der Waals surface area contributed by atoms with E-state index in [1.807, 2.05) is 6.92 Å².